The zero-order valence-electron chi connectivity index (χ0n) is 37.1. The van der Waals surface area contributed by atoms with Gasteiger partial charge in [-0.15, -0.1) is 0 Å². The lowest BCUT2D eigenvalue weighted by Gasteiger charge is -2.29. The van der Waals surface area contributed by atoms with Crippen LogP contribution in [0.25, 0.3) is 97.0 Å². The second-order valence-electron chi connectivity index (χ2n) is 18.2. The summed E-state index contributed by atoms with van der Waals surface area (Å²) in [6, 6.07) is 94.3. The molecule has 0 radical (unpaired) electrons. The van der Waals surface area contributed by atoms with Crippen molar-refractivity contribution < 1.29 is 0 Å². The van der Waals surface area contributed by atoms with Crippen LogP contribution < -0.4 is 9.80 Å². The lowest BCUT2D eigenvalue weighted by atomic mass is 9.98. The maximum absolute atomic E-state index is 2.43. The van der Waals surface area contributed by atoms with E-state index in [4.69, 9.17) is 0 Å². The maximum Gasteiger partial charge on any atom is 0.0540 e. The van der Waals surface area contributed by atoms with E-state index in [1.54, 1.807) is 0 Å². The van der Waals surface area contributed by atoms with E-state index < -0.39 is 0 Å². The summed E-state index contributed by atoms with van der Waals surface area (Å²) in [5.41, 5.74) is 6.73. The minimum atomic E-state index is 1.10. The summed E-state index contributed by atoms with van der Waals surface area (Å²) in [7, 11) is 0. The number of rotatable bonds is 6. The molecular formula is C66H42N2. The summed E-state index contributed by atoms with van der Waals surface area (Å²) < 4.78 is 0. The van der Waals surface area contributed by atoms with Crippen molar-refractivity contribution in [1.82, 2.24) is 0 Å². The summed E-state index contributed by atoms with van der Waals surface area (Å²) in [5.74, 6) is 0. The fraction of sp³-hybridized carbons (Fsp3) is 0. The van der Waals surface area contributed by atoms with E-state index >= 15 is 0 Å². The predicted octanol–water partition coefficient (Wildman–Crippen LogP) is 19.0. The number of benzene rings is 14. The van der Waals surface area contributed by atoms with Gasteiger partial charge in [0.1, 0.15) is 0 Å². The summed E-state index contributed by atoms with van der Waals surface area (Å²) in [4.78, 5) is 4.87. The van der Waals surface area contributed by atoms with Gasteiger partial charge in [-0.05, 0) is 195 Å². The summed E-state index contributed by atoms with van der Waals surface area (Å²) in [6.07, 6.45) is 0. The van der Waals surface area contributed by atoms with Gasteiger partial charge in [-0.3, -0.25) is 0 Å². The van der Waals surface area contributed by atoms with Gasteiger partial charge in [-0.1, -0.05) is 146 Å². The molecule has 68 heavy (non-hydrogen) atoms. The first-order chi connectivity index (χ1) is 33.6. The van der Waals surface area contributed by atoms with E-state index in [2.05, 4.69) is 265 Å². The molecule has 14 aromatic carbocycles. The third kappa shape index (κ3) is 6.41. The van der Waals surface area contributed by atoms with Gasteiger partial charge in [0.2, 0.25) is 0 Å². The molecule has 0 saturated carbocycles. The Hall–Kier alpha value is -8.98. The van der Waals surface area contributed by atoms with Gasteiger partial charge >= 0.3 is 0 Å². The molecule has 0 aromatic heterocycles. The van der Waals surface area contributed by atoms with Gasteiger partial charge in [0.05, 0.1) is 11.4 Å². The topological polar surface area (TPSA) is 6.48 Å². The summed E-state index contributed by atoms with van der Waals surface area (Å²) in [5, 5.41) is 22.1. The van der Waals surface area contributed by atoms with E-state index in [0.717, 1.165) is 34.1 Å². The molecule has 0 fully saturated rings. The van der Waals surface area contributed by atoms with Crippen molar-refractivity contribution in [3.8, 4) is 0 Å². The molecule has 14 aromatic rings. The quantitative estimate of drug-likeness (QED) is 0.154. The molecule has 0 spiro atoms. The standard InChI is InChI=1S/C66H42N2/c1-3-15-47-33-55-37-57-41-61(27-23-49(57)35-53(55)31-45(47)13-1)67(65-21-9-17-43-11-5-7-19-63(43)65)59-29-25-52-40-60(30-26-51(52)39-59)68(66-22-10-18-44-12-6-8-20-64(44)66)62-28-24-50-36-54-32-46-14-2-4-16-48(46)34-56(54)38-58(50)42-62/h1-42H. The van der Waals surface area contributed by atoms with Gasteiger partial charge in [0.15, 0.2) is 0 Å². The minimum absolute atomic E-state index is 1.10. The predicted molar refractivity (Wildman–Crippen MR) is 293 cm³/mol. The Labute approximate surface area is 393 Å². The van der Waals surface area contributed by atoms with Gasteiger partial charge in [-0.25, -0.2) is 0 Å². The third-order valence-corrected chi connectivity index (χ3v) is 14.1. The molecule has 0 bridgehead atoms. The van der Waals surface area contributed by atoms with Crippen LogP contribution in [0.15, 0.2) is 255 Å². The van der Waals surface area contributed by atoms with Crippen molar-refractivity contribution in [3.05, 3.63) is 255 Å². The molecule has 316 valence electrons. The fourth-order valence-electron chi connectivity index (χ4n) is 10.8. The first kappa shape index (κ1) is 38.3. The van der Waals surface area contributed by atoms with Crippen LogP contribution in [0.2, 0.25) is 0 Å². The minimum Gasteiger partial charge on any atom is -0.310 e. The molecule has 0 unspecified atom stereocenters. The summed E-state index contributed by atoms with van der Waals surface area (Å²) in [6.45, 7) is 0. The van der Waals surface area contributed by atoms with E-state index in [1.807, 2.05) is 0 Å². The zero-order chi connectivity index (χ0) is 44.7. The SMILES string of the molecule is c1ccc2cc3cc4cc(N(c5ccc6cc(N(c7ccc8cc9cc%10ccccc%10cc9cc8c7)c7cccc8ccccc78)ccc6c5)c5cccc6ccccc56)ccc4cc3cc2c1. The molecule has 0 atom stereocenters. The number of hydrogen-bond donors (Lipinski definition) is 0. The molecule has 0 aliphatic carbocycles. The number of anilines is 6. The van der Waals surface area contributed by atoms with Crippen LogP contribution in [0.4, 0.5) is 34.1 Å². The summed E-state index contributed by atoms with van der Waals surface area (Å²) >= 11 is 0. The highest BCUT2D eigenvalue weighted by atomic mass is 15.1. The Balaban J connectivity index is 0.916. The molecule has 0 heterocycles. The second-order valence-corrected chi connectivity index (χ2v) is 18.2. The number of hydrogen-bond acceptors (Lipinski definition) is 2. The highest BCUT2D eigenvalue weighted by molar-refractivity contribution is 6.09. The van der Waals surface area contributed by atoms with Crippen LogP contribution in [0.1, 0.15) is 0 Å². The monoisotopic (exact) mass is 862 g/mol. The third-order valence-electron chi connectivity index (χ3n) is 14.1. The van der Waals surface area contributed by atoms with Gasteiger partial charge in [0, 0.05) is 33.5 Å². The van der Waals surface area contributed by atoms with E-state index in [0.29, 0.717) is 0 Å². The van der Waals surface area contributed by atoms with Crippen LogP contribution in [-0.2, 0) is 0 Å². The average Bonchev–Trinajstić information content (AvgIpc) is 3.38. The average molecular weight is 863 g/mol. The maximum atomic E-state index is 2.43. The van der Waals surface area contributed by atoms with E-state index in [-0.39, 0.29) is 0 Å². The van der Waals surface area contributed by atoms with Crippen LogP contribution in [0.5, 0.6) is 0 Å². The molecule has 0 aliphatic heterocycles. The van der Waals surface area contributed by atoms with Crippen molar-refractivity contribution >= 4 is 131 Å². The van der Waals surface area contributed by atoms with Crippen molar-refractivity contribution in [3.63, 3.8) is 0 Å². The van der Waals surface area contributed by atoms with Crippen LogP contribution in [-0.4, -0.2) is 0 Å². The molecule has 14 rings (SSSR count). The molecule has 0 aliphatic rings. The van der Waals surface area contributed by atoms with Crippen molar-refractivity contribution in [1.29, 1.82) is 0 Å². The Kier molecular flexibility index (Phi) is 8.62. The largest absolute Gasteiger partial charge is 0.310 e. The number of fused-ring (bicyclic) bond motifs is 9. The molecular weight excluding hydrogens is 821 g/mol. The highest BCUT2D eigenvalue weighted by Crippen LogP contribution is 2.44. The smallest absolute Gasteiger partial charge is 0.0540 e. The first-order valence-electron chi connectivity index (χ1n) is 23.5. The lowest BCUT2D eigenvalue weighted by Crippen LogP contribution is -2.11. The van der Waals surface area contributed by atoms with Gasteiger partial charge in [-0.2, -0.15) is 0 Å². The van der Waals surface area contributed by atoms with Gasteiger partial charge < -0.3 is 9.80 Å². The molecule has 2 heteroatoms. The number of nitrogens with zero attached hydrogens (tertiary/aromatic N) is 2. The van der Waals surface area contributed by atoms with E-state index in [1.165, 1.54) is 97.0 Å². The van der Waals surface area contributed by atoms with Crippen molar-refractivity contribution in [2.75, 3.05) is 9.80 Å². The Morgan fingerprint density at radius 1 is 0.162 bits per heavy atom. The first-order valence-corrected chi connectivity index (χ1v) is 23.5. The Bertz CT molecular complexity index is 4070. The fourth-order valence-corrected chi connectivity index (χ4v) is 10.8. The van der Waals surface area contributed by atoms with Gasteiger partial charge in [0.25, 0.3) is 0 Å². The Morgan fingerprint density at radius 3 is 0.750 bits per heavy atom. The molecule has 0 saturated heterocycles. The Morgan fingerprint density at radius 2 is 0.397 bits per heavy atom. The molecule has 2 nitrogen and oxygen atoms in total. The highest BCUT2D eigenvalue weighted by Gasteiger charge is 2.20. The van der Waals surface area contributed by atoms with Crippen LogP contribution >= 0.6 is 0 Å². The zero-order valence-corrected chi connectivity index (χ0v) is 37.1. The second kappa shape index (κ2) is 15.3. The van der Waals surface area contributed by atoms with Crippen LogP contribution in [0, 0.1) is 0 Å². The normalized spacial score (nSPS) is 11.8. The van der Waals surface area contributed by atoms with Crippen molar-refractivity contribution in [2.24, 2.45) is 0 Å². The van der Waals surface area contributed by atoms with E-state index in [9.17, 15) is 0 Å². The van der Waals surface area contributed by atoms with Crippen LogP contribution in [0.3, 0.4) is 0 Å². The molecule has 0 N–H and O–H groups in total. The lowest BCUT2D eigenvalue weighted by molar-refractivity contribution is 1.30. The molecule has 0 amide bonds. The van der Waals surface area contributed by atoms with Crippen molar-refractivity contribution in [2.45, 2.75) is 0 Å².